The molecule has 0 radical (unpaired) electrons. The van der Waals surface area contributed by atoms with Crippen molar-refractivity contribution in [2.75, 3.05) is 0 Å². The Bertz CT molecular complexity index is 1400. The van der Waals surface area contributed by atoms with Crippen LogP contribution in [-0.2, 0) is 0 Å². The van der Waals surface area contributed by atoms with Crippen LogP contribution in [0.5, 0.6) is 0 Å². The third-order valence-electron chi connectivity index (χ3n) is 6.00. The summed E-state index contributed by atoms with van der Waals surface area (Å²) in [5.41, 5.74) is 8.96. The van der Waals surface area contributed by atoms with Crippen molar-refractivity contribution in [3.63, 3.8) is 0 Å². The van der Waals surface area contributed by atoms with Crippen molar-refractivity contribution in [2.24, 2.45) is 0 Å². The molecule has 0 aliphatic carbocycles. The van der Waals surface area contributed by atoms with Gasteiger partial charge in [0.05, 0.1) is 23.3 Å². The molecule has 0 aliphatic heterocycles. The zero-order valence-electron chi connectivity index (χ0n) is 18.4. The van der Waals surface area contributed by atoms with Crippen LogP contribution in [0.15, 0.2) is 121 Å². The van der Waals surface area contributed by atoms with E-state index in [1.165, 1.54) is 0 Å². The van der Waals surface area contributed by atoms with Gasteiger partial charge in [0.15, 0.2) is 0 Å². The van der Waals surface area contributed by atoms with Gasteiger partial charge in [0, 0.05) is 11.1 Å². The van der Waals surface area contributed by atoms with Gasteiger partial charge in [0.2, 0.25) is 0 Å². The maximum Gasteiger partial charge on any atom is 0.0998 e. The number of nitriles is 2. The minimum absolute atomic E-state index is 0.550. The Hall–Kier alpha value is -4.92. The van der Waals surface area contributed by atoms with Gasteiger partial charge in [-0.25, -0.2) is 0 Å². The first-order chi connectivity index (χ1) is 16.8. The highest BCUT2D eigenvalue weighted by atomic mass is 14.3. The van der Waals surface area contributed by atoms with Gasteiger partial charge < -0.3 is 0 Å². The third kappa shape index (κ3) is 4.09. The molecule has 34 heavy (non-hydrogen) atoms. The lowest BCUT2D eigenvalue weighted by Gasteiger charge is -2.12. The molecule has 5 aromatic rings. The number of hydrogen-bond acceptors (Lipinski definition) is 2. The molecule has 0 unspecified atom stereocenters. The second kappa shape index (κ2) is 9.29. The van der Waals surface area contributed by atoms with Crippen molar-refractivity contribution in [3.05, 3.63) is 132 Å². The van der Waals surface area contributed by atoms with E-state index in [-0.39, 0.29) is 0 Å². The lowest BCUT2D eigenvalue weighted by molar-refractivity contribution is 1.44. The van der Waals surface area contributed by atoms with Gasteiger partial charge in [0.25, 0.3) is 0 Å². The van der Waals surface area contributed by atoms with E-state index in [1.807, 2.05) is 97.1 Å². The van der Waals surface area contributed by atoms with Gasteiger partial charge in [-0.05, 0) is 45.5 Å². The highest BCUT2D eigenvalue weighted by Crippen LogP contribution is 2.34. The van der Waals surface area contributed by atoms with Gasteiger partial charge in [-0.2, -0.15) is 10.5 Å². The number of hydrogen-bond donors (Lipinski definition) is 0. The van der Waals surface area contributed by atoms with Crippen molar-refractivity contribution in [3.8, 4) is 56.6 Å². The van der Waals surface area contributed by atoms with Crippen LogP contribution in [0, 0.1) is 22.7 Å². The van der Waals surface area contributed by atoms with Crippen LogP contribution in [0.4, 0.5) is 0 Å². The number of rotatable bonds is 4. The highest BCUT2D eigenvalue weighted by Gasteiger charge is 2.13. The summed E-state index contributed by atoms with van der Waals surface area (Å²) in [4.78, 5) is 0. The molecule has 0 amide bonds. The molecule has 158 valence electrons. The van der Waals surface area contributed by atoms with E-state index < -0.39 is 0 Å². The fourth-order valence-electron chi connectivity index (χ4n) is 4.21. The van der Waals surface area contributed by atoms with E-state index in [2.05, 4.69) is 36.4 Å². The van der Waals surface area contributed by atoms with Crippen molar-refractivity contribution < 1.29 is 0 Å². The molecular formula is C32H20N2. The summed E-state index contributed by atoms with van der Waals surface area (Å²) < 4.78 is 0. The van der Waals surface area contributed by atoms with Crippen molar-refractivity contribution >= 4 is 0 Å². The third-order valence-corrected chi connectivity index (χ3v) is 6.00. The van der Waals surface area contributed by atoms with E-state index in [0.717, 1.165) is 44.5 Å². The van der Waals surface area contributed by atoms with Crippen LogP contribution in [0.1, 0.15) is 11.1 Å². The van der Waals surface area contributed by atoms with Gasteiger partial charge >= 0.3 is 0 Å². The molecule has 0 N–H and O–H groups in total. The number of benzene rings is 5. The SMILES string of the molecule is N#Cc1cc(-c2ccc(-c3ccccc3)cc2)c(C#N)cc1-c1ccc(-c2ccccc2)cc1. The first-order valence-corrected chi connectivity index (χ1v) is 11.1. The van der Waals surface area contributed by atoms with Crippen molar-refractivity contribution in [1.29, 1.82) is 10.5 Å². The zero-order valence-corrected chi connectivity index (χ0v) is 18.4. The monoisotopic (exact) mass is 432 g/mol. The Morgan fingerprint density at radius 1 is 0.353 bits per heavy atom. The molecular weight excluding hydrogens is 412 g/mol. The maximum absolute atomic E-state index is 9.91. The molecule has 0 saturated heterocycles. The second-order valence-electron chi connectivity index (χ2n) is 8.05. The molecule has 0 aromatic heterocycles. The molecule has 5 rings (SSSR count). The van der Waals surface area contributed by atoms with Crippen molar-refractivity contribution in [1.82, 2.24) is 0 Å². The summed E-state index contributed by atoms with van der Waals surface area (Å²) in [6.07, 6.45) is 0. The largest absolute Gasteiger partial charge is 0.192 e. The predicted molar refractivity (Wildman–Crippen MR) is 138 cm³/mol. The van der Waals surface area contributed by atoms with Crippen LogP contribution in [-0.4, -0.2) is 0 Å². The molecule has 5 aromatic carbocycles. The van der Waals surface area contributed by atoms with E-state index in [4.69, 9.17) is 0 Å². The average Bonchev–Trinajstić information content (AvgIpc) is 2.93. The fourth-order valence-corrected chi connectivity index (χ4v) is 4.21. The Morgan fingerprint density at radius 3 is 0.971 bits per heavy atom. The maximum atomic E-state index is 9.91. The lowest BCUT2D eigenvalue weighted by atomic mass is 9.90. The standard InChI is InChI=1S/C32H20N2/c33-21-29-20-32(28-17-13-26(14-18-28)24-9-5-2-6-10-24)30(22-34)19-31(29)27-15-11-25(12-16-27)23-7-3-1-4-8-23/h1-20H. The number of nitrogens with zero attached hydrogens (tertiary/aromatic N) is 2. The molecule has 0 aliphatic rings. The van der Waals surface area contributed by atoms with Crippen LogP contribution in [0.25, 0.3) is 44.5 Å². The van der Waals surface area contributed by atoms with E-state index in [0.29, 0.717) is 11.1 Å². The fraction of sp³-hybridized carbons (Fsp3) is 0. The van der Waals surface area contributed by atoms with Gasteiger partial charge in [-0.3, -0.25) is 0 Å². The molecule has 0 bridgehead atoms. The zero-order chi connectivity index (χ0) is 23.3. The smallest absolute Gasteiger partial charge is 0.0998 e. The molecule has 0 spiro atoms. The summed E-state index contributed by atoms with van der Waals surface area (Å²) >= 11 is 0. The quantitative estimate of drug-likeness (QED) is 0.288. The van der Waals surface area contributed by atoms with Crippen molar-refractivity contribution in [2.45, 2.75) is 0 Å². The minimum atomic E-state index is 0.550. The van der Waals surface area contributed by atoms with Gasteiger partial charge in [-0.1, -0.05) is 109 Å². The summed E-state index contributed by atoms with van der Waals surface area (Å²) in [6, 6.07) is 44.9. The Labute approximate surface area is 199 Å². The van der Waals surface area contributed by atoms with E-state index >= 15 is 0 Å². The van der Waals surface area contributed by atoms with Gasteiger partial charge in [0.1, 0.15) is 0 Å². The first-order valence-electron chi connectivity index (χ1n) is 11.1. The minimum Gasteiger partial charge on any atom is -0.192 e. The Kier molecular flexibility index (Phi) is 5.73. The normalized spacial score (nSPS) is 10.3. The lowest BCUT2D eigenvalue weighted by Crippen LogP contribution is -1.92. The molecule has 0 heterocycles. The topological polar surface area (TPSA) is 47.6 Å². The summed E-state index contributed by atoms with van der Waals surface area (Å²) in [7, 11) is 0. The molecule has 2 heteroatoms. The van der Waals surface area contributed by atoms with Crippen LogP contribution in [0.3, 0.4) is 0 Å². The average molecular weight is 433 g/mol. The van der Waals surface area contributed by atoms with E-state index in [1.54, 1.807) is 0 Å². The Morgan fingerprint density at radius 2 is 0.647 bits per heavy atom. The van der Waals surface area contributed by atoms with Crippen LogP contribution < -0.4 is 0 Å². The summed E-state index contributed by atoms with van der Waals surface area (Å²) in [6.45, 7) is 0. The molecule has 0 fully saturated rings. The van der Waals surface area contributed by atoms with Crippen LogP contribution in [0.2, 0.25) is 0 Å². The molecule has 2 nitrogen and oxygen atoms in total. The van der Waals surface area contributed by atoms with Gasteiger partial charge in [-0.15, -0.1) is 0 Å². The molecule has 0 atom stereocenters. The first kappa shape index (κ1) is 21.0. The predicted octanol–water partition coefficient (Wildman–Crippen LogP) is 8.10. The highest BCUT2D eigenvalue weighted by molar-refractivity contribution is 5.82. The van der Waals surface area contributed by atoms with Crippen LogP contribution >= 0.6 is 0 Å². The summed E-state index contributed by atoms with van der Waals surface area (Å²) in [5, 5.41) is 19.8. The second-order valence-corrected chi connectivity index (χ2v) is 8.05. The van der Waals surface area contributed by atoms with E-state index in [9.17, 15) is 10.5 Å². The summed E-state index contributed by atoms with van der Waals surface area (Å²) in [5.74, 6) is 0. The Balaban J connectivity index is 1.52. The molecule has 0 saturated carbocycles.